The van der Waals surface area contributed by atoms with Crippen molar-refractivity contribution in [3.63, 3.8) is 0 Å². The van der Waals surface area contributed by atoms with E-state index in [-0.39, 0.29) is 5.84 Å². The van der Waals surface area contributed by atoms with Crippen molar-refractivity contribution in [1.29, 1.82) is 0 Å². The molecule has 0 radical (unpaired) electrons. The predicted octanol–water partition coefficient (Wildman–Crippen LogP) is 2.51. The summed E-state index contributed by atoms with van der Waals surface area (Å²) in [5.41, 5.74) is 7.80. The summed E-state index contributed by atoms with van der Waals surface area (Å²) >= 11 is 1.71. The third-order valence-corrected chi connectivity index (χ3v) is 4.72. The van der Waals surface area contributed by atoms with Gasteiger partial charge in [-0.25, -0.2) is 0 Å². The second kappa shape index (κ2) is 7.56. The Morgan fingerprint density at radius 2 is 2.19 bits per heavy atom. The maximum Gasteiger partial charge on any atom is 0.173 e. The van der Waals surface area contributed by atoms with Crippen LogP contribution in [0.1, 0.15) is 25.3 Å². The van der Waals surface area contributed by atoms with Gasteiger partial charge in [0.25, 0.3) is 0 Å². The van der Waals surface area contributed by atoms with E-state index >= 15 is 0 Å². The lowest BCUT2D eigenvalue weighted by Gasteiger charge is -2.34. The van der Waals surface area contributed by atoms with Gasteiger partial charge in [0.05, 0.1) is 11.7 Å². The number of benzene rings is 1. The molecule has 116 valence electrons. The fraction of sp³-hybridized carbons (Fsp3) is 0.533. The van der Waals surface area contributed by atoms with Gasteiger partial charge in [0.15, 0.2) is 5.84 Å². The van der Waals surface area contributed by atoms with Gasteiger partial charge in [-0.15, -0.1) is 11.8 Å². The van der Waals surface area contributed by atoms with Crippen LogP contribution in [0, 0.1) is 0 Å². The zero-order valence-corrected chi connectivity index (χ0v) is 13.4. The fourth-order valence-corrected chi connectivity index (χ4v) is 3.54. The summed E-state index contributed by atoms with van der Waals surface area (Å²) in [5.74, 6) is 1.12. The number of oxime groups is 1. The smallest absolute Gasteiger partial charge is 0.173 e. The van der Waals surface area contributed by atoms with Gasteiger partial charge in [0.2, 0.25) is 0 Å². The molecule has 1 aromatic carbocycles. The molecule has 0 aromatic heterocycles. The first kappa shape index (κ1) is 16.0. The normalized spacial score (nSPS) is 17.2. The summed E-state index contributed by atoms with van der Waals surface area (Å²) in [6.45, 7) is 3.94. The lowest BCUT2D eigenvalue weighted by Crippen LogP contribution is -2.38. The molecule has 0 unspecified atom stereocenters. The monoisotopic (exact) mass is 309 g/mol. The highest BCUT2D eigenvalue weighted by Crippen LogP contribution is 2.32. The Morgan fingerprint density at radius 3 is 2.76 bits per heavy atom. The highest BCUT2D eigenvalue weighted by atomic mass is 32.2. The molecule has 0 amide bonds. The Bertz CT molecular complexity index is 500. The number of methoxy groups -OCH3 is 1. The molecule has 1 saturated heterocycles. The molecule has 0 spiro atoms. The van der Waals surface area contributed by atoms with Crippen molar-refractivity contribution in [2.45, 2.75) is 30.8 Å². The molecule has 1 aromatic rings. The van der Waals surface area contributed by atoms with E-state index in [2.05, 4.69) is 17.0 Å². The lowest BCUT2D eigenvalue weighted by atomic mass is 10.0. The molecular weight excluding hydrogens is 286 g/mol. The van der Waals surface area contributed by atoms with Crippen molar-refractivity contribution < 1.29 is 9.94 Å². The molecule has 1 aliphatic rings. The van der Waals surface area contributed by atoms with Gasteiger partial charge in [-0.05, 0) is 30.7 Å². The molecular formula is C15H23N3O2S. The summed E-state index contributed by atoms with van der Waals surface area (Å²) in [6, 6.07) is 6.09. The van der Waals surface area contributed by atoms with Crippen LogP contribution in [-0.2, 0) is 4.74 Å². The molecule has 3 N–H and O–H groups in total. The molecule has 0 bridgehead atoms. The molecule has 0 saturated carbocycles. The Kier molecular flexibility index (Phi) is 5.76. The van der Waals surface area contributed by atoms with Crippen molar-refractivity contribution >= 4 is 23.3 Å². The molecule has 5 nitrogen and oxygen atoms in total. The number of nitrogens with zero attached hydrogens (tertiary/aromatic N) is 2. The third kappa shape index (κ3) is 3.63. The van der Waals surface area contributed by atoms with Crippen LogP contribution in [0.25, 0.3) is 0 Å². The topological polar surface area (TPSA) is 71.1 Å². The van der Waals surface area contributed by atoms with Crippen LogP contribution in [0.4, 0.5) is 5.69 Å². The summed E-state index contributed by atoms with van der Waals surface area (Å²) in [6.07, 6.45) is 2.33. The number of hydrogen-bond donors (Lipinski definition) is 2. The van der Waals surface area contributed by atoms with Gasteiger partial charge in [-0.3, -0.25) is 0 Å². The van der Waals surface area contributed by atoms with Crippen molar-refractivity contribution in [3.8, 4) is 0 Å². The van der Waals surface area contributed by atoms with Crippen LogP contribution >= 0.6 is 11.8 Å². The van der Waals surface area contributed by atoms with Crippen LogP contribution in [-0.4, -0.2) is 43.1 Å². The number of anilines is 1. The largest absolute Gasteiger partial charge is 0.409 e. The Morgan fingerprint density at radius 1 is 1.48 bits per heavy atom. The van der Waals surface area contributed by atoms with Gasteiger partial charge in [0, 0.05) is 30.8 Å². The van der Waals surface area contributed by atoms with Gasteiger partial charge >= 0.3 is 0 Å². The zero-order chi connectivity index (χ0) is 15.2. The SMILES string of the molecule is CCSc1cccc(N2CCC(OC)CC2)c1/C(N)=N/O. The van der Waals surface area contributed by atoms with Crippen LogP contribution in [0.3, 0.4) is 0 Å². The van der Waals surface area contributed by atoms with Crippen molar-refractivity contribution in [3.05, 3.63) is 23.8 Å². The summed E-state index contributed by atoms with van der Waals surface area (Å²) in [7, 11) is 1.76. The molecule has 0 aliphatic carbocycles. The van der Waals surface area contributed by atoms with E-state index in [0.29, 0.717) is 6.10 Å². The minimum Gasteiger partial charge on any atom is -0.409 e. The number of ether oxygens (including phenoxy) is 1. The minimum atomic E-state index is 0.176. The first-order valence-electron chi connectivity index (χ1n) is 7.22. The average Bonchev–Trinajstić information content (AvgIpc) is 2.54. The lowest BCUT2D eigenvalue weighted by molar-refractivity contribution is 0.0819. The van der Waals surface area contributed by atoms with E-state index in [0.717, 1.165) is 47.8 Å². The predicted molar refractivity (Wildman–Crippen MR) is 87.6 cm³/mol. The molecule has 21 heavy (non-hydrogen) atoms. The van der Waals surface area contributed by atoms with E-state index in [1.54, 1.807) is 18.9 Å². The second-order valence-electron chi connectivity index (χ2n) is 4.99. The molecule has 2 rings (SSSR count). The van der Waals surface area contributed by atoms with Crippen molar-refractivity contribution in [2.24, 2.45) is 10.9 Å². The maximum absolute atomic E-state index is 9.10. The number of piperidine rings is 1. The quantitative estimate of drug-likeness (QED) is 0.287. The van der Waals surface area contributed by atoms with Gasteiger partial charge < -0.3 is 20.6 Å². The number of rotatable bonds is 5. The molecule has 6 heteroatoms. The number of nitrogens with two attached hydrogens (primary N) is 1. The highest BCUT2D eigenvalue weighted by Gasteiger charge is 2.23. The number of thioether (sulfide) groups is 1. The van der Waals surface area contributed by atoms with Crippen LogP contribution in [0.5, 0.6) is 0 Å². The van der Waals surface area contributed by atoms with Crippen LogP contribution < -0.4 is 10.6 Å². The maximum atomic E-state index is 9.10. The average molecular weight is 309 g/mol. The standard InChI is InChI=1S/C15H23N3O2S/c1-3-21-13-6-4-5-12(14(13)15(16)17-19)18-9-7-11(20-2)8-10-18/h4-6,11,19H,3,7-10H2,1-2H3,(H2,16,17). The third-order valence-electron chi connectivity index (χ3n) is 3.78. The summed E-state index contributed by atoms with van der Waals surface area (Å²) in [5, 5.41) is 12.3. The van der Waals surface area contributed by atoms with E-state index in [1.807, 2.05) is 18.2 Å². The van der Waals surface area contributed by atoms with Gasteiger partial charge in [0.1, 0.15) is 0 Å². The first-order valence-corrected chi connectivity index (χ1v) is 8.21. The second-order valence-corrected chi connectivity index (χ2v) is 6.30. The molecule has 1 fully saturated rings. The Labute approximate surface area is 130 Å². The van der Waals surface area contributed by atoms with E-state index < -0.39 is 0 Å². The number of amidine groups is 1. The summed E-state index contributed by atoms with van der Waals surface area (Å²) in [4.78, 5) is 3.35. The van der Waals surface area contributed by atoms with Crippen molar-refractivity contribution in [1.82, 2.24) is 0 Å². The fourth-order valence-electron chi connectivity index (χ4n) is 2.70. The zero-order valence-electron chi connectivity index (χ0n) is 12.6. The Hall–Kier alpha value is -1.40. The van der Waals surface area contributed by atoms with E-state index in [9.17, 15) is 0 Å². The minimum absolute atomic E-state index is 0.176. The molecule has 1 heterocycles. The molecule has 0 atom stereocenters. The van der Waals surface area contributed by atoms with Crippen molar-refractivity contribution in [2.75, 3.05) is 30.9 Å². The first-order chi connectivity index (χ1) is 10.2. The van der Waals surface area contributed by atoms with Gasteiger partial charge in [-0.1, -0.05) is 18.1 Å². The highest BCUT2D eigenvalue weighted by molar-refractivity contribution is 7.99. The molecule has 1 aliphatic heterocycles. The van der Waals surface area contributed by atoms with Crippen LogP contribution in [0.2, 0.25) is 0 Å². The Balaban J connectivity index is 2.32. The van der Waals surface area contributed by atoms with E-state index in [1.165, 1.54) is 0 Å². The van der Waals surface area contributed by atoms with Crippen LogP contribution in [0.15, 0.2) is 28.3 Å². The van der Waals surface area contributed by atoms with E-state index in [4.69, 9.17) is 15.7 Å². The van der Waals surface area contributed by atoms with Gasteiger partial charge in [-0.2, -0.15) is 0 Å². The number of hydrogen-bond acceptors (Lipinski definition) is 5. The summed E-state index contributed by atoms with van der Waals surface area (Å²) < 4.78 is 5.42.